The smallest absolute Gasteiger partial charge is 0.335 e. The van der Waals surface area contributed by atoms with E-state index in [1.54, 1.807) is 12.1 Å². The van der Waals surface area contributed by atoms with Gasteiger partial charge in [0.05, 0.1) is 18.6 Å². The summed E-state index contributed by atoms with van der Waals surface area (Å²) in [6, 6.07) is 6.49. The monoisotopic (exact) mass is 291 g/mol. The van der Waals surface area contributed by atoms with Gasteiger partial charge in [0.2, 0.25) is 5.91 Å². The number of amides is 1. The standard InChI is InChI=1S/C16H21NO4/c18-15(17-13-4-2-1-3-5-13)10-11-21-14-8-6-12(7-9-14)16(19)20/h6-9,13H,1-5,10-11H2,(H,17,18)(H,19,20). The van der Waals surface area contributed by atoms with E-state index in [1.165, 1.54) is 31.4 Å². The van der Waals surface area contributed by atoms with Gasteiger partial charge in [0, 0.05) is 6.04 Å². The summed E-state index contributed by atoms with van der Waals surface area (Å²) in [5, 5.41) is 11.8. The van der Waals surface area contributed by atoms with Crippen LogP contribution in [0.25, 0.3) is 0 Å². The van der Waals surface area contributed by atoms with Crippen LogP contribution in [-0.4, -0.2) is 29.6 Å². The van der Waals surface area contributed by atoms with Gasteiger partial charge in [0.15, 0.2) is 0 Å². The van der Waals surface area contributed by atoms with Crippen molar-refractivity contribution in [3.63, 3.8) is 0 Å². The molecule has 5 nitrogen and oxygen atoms in total. The van der Waals surface area contributed by atoms with E-state index in [1.807, 2.05) is 0 Å². The third-order valence-corrected chi connectivity index (χ3v) is 3.67. The Labute approximate surface area is 124 Å². The molecule has 0 spiro atoms. The predicted octanol–water partition coefficient (Wildman–Crippen LogP) is 2.60. The molecule has 0 heterocycles. The summed E-state index contributed by atoms with van der Waals surface area (Å²) in [4.78, 5) is 22.5. The number of hydrogen-bond donors (Lipinski definition) is 2. The second-order valence-electron chi connectivity index (χ2n) is 5.33. The maximum absolute atomic E-state index is 11.8. The molecule has 1 aliphatic carbocycles. The van der Waals surface area contributed by atoms with E-state index in [4.69, 9.17) is 9.84 Å². The van der Waals surface area contributed by atoms with E-state index in [9.17, 15) is 9.59 Å². The van der Waals surface area contributed by atoms with Crippen molar-refractivity contribution in [2.24, 2.45) is 0 Å². The Morgan fingerprint density at radius 2 is 1.81 bits per heavy atom. The number of carboxylic acid groups (broad SMARTS) is 1. The van der Waals surface area contributed by atoms with Crippen LogP contribution in [0.3, 0.4) is 0 Å². The molecule has 5 heteroatoms. The van der Waals surface area contributed by atoms with Crippen molar-refractivity contribution in [3.05, 3.63) is 29.8 Å². The molecular weight excluding hydrogens is 270 g/mol. The number of carboxylic acids is 1. The molecule has 1 fully saturated rings. The first-order valence-electron chi connectivity index (χ1n) is 7.40. The summed E-state index contributed by atoms with van der Waals surface area (Å²) < 4.78 is 5.45. The summed E-state index contributed by atoms with van der Waals surface area (Å²) in [5.41, 5.74) is 0.220. The maximum atomic E-state index is 11.8. The Hall–Kier alpha value is -2.04. The number of benzene rings is 1. The summed E-state index contributed by atoms with van der Waals surface area (Å²) >= 11 is 0. The molecule has 1 aromatic carbocycles. The molecule has 0 radical (unpaired) electrons. The zero-order valence-corrected chi connectivity index (χ0v) is 12.0. The number of nitrogens with one attached hydrogen (secondary N) is 1. The Balaban J connectivity index is 1.68. The zero-order chi connectivity index (χ0) is 15.1. The lowest BCUT2D eigenvalue weighted by Gasteiger charge is -2.22. The van der Waals surface area contributed by atoms with E-state index in [2.05, 4.69) is 5.32 Å². The van der Waals surface area contributed by atoms with Gasteiger partial charge in [-0.15, -0.1) is 0 Å². The highest BCUT2D eigenvalue weighted by Crippen LogP contribution is 2.17. The number of rotatable bonds is 6. The Bertz CT molecular complexity index is 478. The van der Waals surface area contributed by atoms with Crippen molar-refractivity contribution in [2.75, 3.05) is 6.61 Å². The fourth-order valence-corrected chi connectivity index (χ4v) is 2.50. The molecule has 0 aromatic heterocycles. The highest BCUT2D eigenvalue weighted by Gasteiger charge is 2.15. The summed E-state index contributed by atoms with van der Waals surface area (Å²) in [5.74, 6) is -0.372. The summed E-state index contributed by atoms with van der Waals surface area (Å²) in [6.07, 6.45) is 6.11. The molecule has 0 bridgehead atoms. The Kier molecular flexibility index (Phi) is 5.60. The molecule has 21 heavy (non-hydrogen) atoms. The lowest BCUT2D eigenvalue weighted by molar-refractivity contribution is -0.122. The van der Waals surface area contributed by atoms with Crippen molar-refractivity contribution in [1.29, 1.82) is 0 Å². The molecule has 2 rings (SSSR count). The second-order valence-corrected chi connectivity index (χ2v) is 5.33. The first kappa shape index (κ1) is 15.4. The van der Waals surface area contributed by atoms with Gasteiger partial charge >= 0.3 is 5.97 Å². The normalized spacial score (nSPS) is 15.4. The quantitative estimate of drug-likeness (QED) is 0.844. The lowest BCUT2D eigenvalue weighted by Crippen LogP contribution is -2.36. The average molecular weight is 291 g/mol. The second kappa shape index (κ2) is 7.67. The number of carbonyl (C=O) groups is 2. The van der Waals surface area contributed by atoms with Crippen molar-refractivity contribution < 1.29 is 19.4 Å². The first-order valence-corrected chi connectivity index (χ1v) is 7.40. The highest BCUT2D eigenvalue weighted by atomic mass is 16.5. The topological polar surface area (TPSA) is 75.6 Å². The van der Waals surface area contributed by atoms with Crippen LogP contribution >= 0.6 is 0 Å². The van der Waals surface area contributed by atoms with Gasteiger partial charge in [-0.05, 0) is 37.1 Å². The Morgan fingerprint density at radius 1 is 1.14 bits per heavy atom. The number of hydrogen-bond acceptors (Lipinski definition) is 3. The van der Waals surface area contributed by atoms with Crippen LogP contribution < -0.4 is 10.1 Å². The van der Waals surface area contributed by atoms with Crippen LogP contribution in [0.5, 0.6) is 5.75 Å². The van der Waals surface area contributed by atoms with Crippen LogP contribution in [0.2, 0.25) is 0 Å². The van der Waals surface area contributed by atoms with Crippen molar-refractivity contribution in [2.45, 2.75) is 44.6 Å². The molecule has 1 saturated carbocycles. The van der Waals surface area contributed by atoms with E-state index in [0.717, 1.165) is 12.8 Å². The first-order chi connectivity index (χ1) is 10.1. The van der Waals surface area contributed by atoms with E-state index in [-0.39, 0.29) is 11.5 Å². The maximum Gasteiger partial charge on any atom is 0.335 e. The van der Waals surface area contributed by atoms with Gasteiger partial charge in [-0.3, -0.25) is 4.79 Å². The third kappa shape index (κ3) is 5.10. The molecule has 0 atom stereocenters. The number of ether oxygens (including phenoxy) is 1. The van der Waals surface area contributed by atoms with Gasteiger partial charge in [-0.25, -0.2) is 4.79 Å². The number of aromatic carboxylic acids is 1. The largest absolute Gasteiger partial charge is 0.493 e. The van der Waals surface area contributed by atoms with Gasteiger partial charge in [0.25, 0.3) is 0 Å². The molecule has 114 valence electrons. The predicted molar refractivity (Wildman–Crippen MR) is 78.5 cm³/mol. The fraction of sp³-hybridized carbons (Fsp3) is 0.500. The minimum Gasteiger partial charge on any atom is -0.493 e. The molecular formula is C16H21NO4. The summed E-state index contributed by atoms with van der Waals surface area (Å²) in [6.45, 7) is 0.297. The molecule has 1 amide bonds. The van der Waals surface area contributed by atoms with Crippen LogP contribution in [0.4, 0.5) is 0 Å². The molecule has 2 N–H and O–H groups in total. The third-order valence-electron chi connectivity index (χ3n) is 3.67. The van der Waals surface area contributed by atoms with Gasteiger partial charge in [0.1, 0.15) is 5.75 Å². The minimum absolute atomic E-state index is 0.0176. The number of carbonyl (C=O) groups excluding carboxylic acids is 1. The average Bonchev–Trinajstić information content (AvgIpc) is 2.49. The molecule has 0 aliphatic heterocycles. The van der Waals surface area contributed by atoms with Gasteiger partial charge in [-0.2, -0.15) is 0 Å². The molecule has 0 unspecified atom stereocenters. The van der Waals surface area contributed by atoms with Gasteiger partial charge < -0.3 is 15.2 Å². The van der Waals surface area contributed by atoms with Crippen molar-refractivity contribution >= 4 is 11.9 Å². The van der Waals surface area contributed by atoms with Crippen LogP contribution in [0.1, 0.15) is 48.9 Å². The van der Waals surface area contributed by atoms with E-state index in [0.29, 0.717) is 24.8 Å². The SMILES string of the molecule is O=C(CCOc1ccc(C(=O)O)cc1)NC1CCCCC1. The Morgan fingerprint density at radius 3 is 2.43 bits per heavy atom. The highest BCUT2D eigenvalue weighted by molar-refractivity contribution is 5.87. The van der Waals surface area contributed by atoms with E-state index >= 15 is 0 Å². The molecule has 1 aromatic rings. The fourth-order valence-electron chi connectivity index (χ4n) is 2.50. The van der Waals surface area contributed by atoms with Crippen molar-refractivity contribution in [3.8, 4) is 5.75 Å². The zero-order valence-electron chi connectivity index (χ0n) is 12.0. The van der Waals surface area contributed by atoms with Crippen molar-refractivity contribution in [1.82, 2.24) is 5.32 Å². The van der Waals surface area contributed by atoms with E-state index < -0.39 is 5.97 Å². The van der Waals surface area contributed by atoms with Crippen LogP contribution in [0, 0.1) is 0 Å². The van der Waals surface area contributed by atoms with Crippen LogP contribution in [-0.2, 0) is 4.79 Å². The lowest BCUT2D eigenvalue weighted by atomic mass is 9.95. The van der Waals surface area contributed by atoms with Gasteiger partial charge in [-0.1, -0.05) is 19.3 Å². The molecule has 0 saturated heterocycles. The molecule has 1 aliphatic rings. The van der Waals surface area contributed by atoms with Crippen LogP contribution in [0.15, 0.2) is 24.3 Å². The minimum atomic E-state index is -0.964. The summed E-state index contributed by atoms with van der Waals surface area (Å²) in [7, 11) is 0.